The first-order valence-electron chi connectivity index (χ1n) is 6.64. The van der Waals surface area contributed by atoms with E-state index in [1.807, 2.05) is 4.57 Å². The molecule has 0 amide bonds. The number of ether oxygens (including phenoxy) is 1. The molecule has 108 valence electrons. The molecule has 0 saturated heterocycles. The Hall–Kier alpha value is -1.90. The molecule has 6 heteroatoms. The lowest BCUT2D eigenvalue weighted by Crippen LogP contribution is -2.18. The maximum absolute atomic E-state index is 14.0. The molecule has 1 aliphatic heterocycles. The summed E-state index contributed by atoms with van der Waals surface area (Å²) >= 11 is 6.36. The van der Waals surface area contributed by atoms with Crippen molar-refractivity contribution in [2.75, 3.05) is 7.11 Å². The van der Waals surface area contributed by atoms with E-state index in [0.29, 0.717) is 23.4 Å². The average Bonchev–Trinajstić information content (AvgIpc) is 2.79. The fourth-order valence-corrected chi connectivity index (χ4v) is 3.25. The van der Waals surface area contributed by atoms with Crippen LogP contribution in [0.15, 0.2) is 18.3 Å². The van der Waals surface area contributed by atoms with Crippen LogP contribution in [0.5, 0.6) is 0 Å². The third-order valence-corrected chi connectivity index (χ3v) is 4.18. The van der Waals surface area contributed by atoms with Crippen molar-refractivity contribution in [1.29, 1.82) is 5.26 Å². The van der Waals surface area contributed by atoms with Crippen molar-refractivity contribution in [3.05, 3.63) is 40.6 Å². The summed E-state index contributed by atoms with van der Waals surface area (Å²) in [6.07, 6.45) is 2.89. The van der Waals surface area contributed by atoms with Gasteiger partial charge in [-0.2, -0.15) is 9.65 Å². The Morgan fingerprint density at radius 1 is 1.57 bits per heavy atom. The van der Waals surface area contributed by atoms with Gasteiger partial charge in [-0.15, -0.1) is 0 Å². The smallest absolute Gasteiger partial charge is 0.222 e. The molecule has 0 aromatic carbocycles. The Morgan fingerprint density at radius 3 is 3.05 bits per heavy atom. The van der Waals surface area contributed by atoms with Crippen LogP contribution in [0.3, 0.4) is 0 Å². The van der Waals surface area contributed by atoms with Gasteiger partial charge in [0, 0.05) is 19.9 Å². The van der Waals surface area contributed by atoms with Gasteiger partial charge in [0.1, 0.15) is 6.07 Å². The van der Waals surface area contributed by atoms with E-state index in [9.17, 15) is 9.65 Å². The van der Waals surface area contributed by atoms with Crippen molar-refractivity contribution < 1.29 is 9.13 Å². The van der Waals surface area contributed by atoms with Crippen LogP contribution in [0.4, 0.5) is 4.39 Å². The van der Waals surface area contributed by atoms with Crippen LogP contribution < -0.4 is 0 Å². The van der Waals surface area contributed by atoms with Gasteiger partial charge in [-0.1, -0.05) is 11.6 Å². The van der Waals surface area contributed by atoms with Crippen LogP contribution in [0.2, 0.25) is 5.02 Å². The van der Waals surface area contributed by atoms with Crippen molar-refractivity contribution >= 4 is 11.6 Å². The monoisotopic (exact) mass is 305 g/mol. The van der Waals surface area contributed by atoms with E-state index in [-0.39, 0.29) is 11.1 Å². The highest BCUT2D eigenvalue weighted by molar-refractivity contribution is 6.34. The largest absolute Gasteiger partial charge is 0.375 e. The fraction of sp³-hybridized carbons (Fsp3) is 0.333. The number of methoxy groups -OCH3 is 1. The quantitative estimate of drug-likeness (QED) is 0.795. The van der Waals surface area contributed by atoms with E-state index in [1.165, 1.54) is 6.20 Å². The molecule has 0 fully saturated rings. The van der Waals surface area contributed by atoms with Gasteiger partial charge >= 0.3 is 0 Å². The Balaban J connectivity index is 2.31. The molecule has 1 aliphatic rings. The third kappa shape index (κ3) is 2.11. The summed E-state index contributed by atoms with van der Waals surface area (Å²) in [7, 11) is 1.60. The van der Waals surface area contributed by atoms with Gasteiger partial charge in [-0.3, -0.25) is 0 Å². The zero-order valence-corrected chi connectivity index (χ0v) is 12.2. The molecular formula is C15H13ClFN3O. The van der Waals surface area contributed by atoms with Crippen LogP contribution in [0, 0.1) is 17.3 Å². The summed E-state index contributed by atoms with van der Waals surface area (Å²) in [6.45, 7) is 0.681. The maximum atomic E-state index is 14.0. The van der Waals surface area contributed by atoms with Gasteiger partial charge in [0.15, 0.2) is 0 Å². The first-order valence-corrected chi connectivity index (χ1v) is 7.02. The molecule has 0 aliphatic carbocycles. The third-order valence-electron chi connectivity index (χ3n) is 3.81. The number of hydrogen-bond donors (Lipinski definition) is 0. The van der Waals surface area contributed by atoms with E-state index < -0.39 is 5.95 Å². The predicted octanol–water partition coefficient (Wildman–Crippen LogP) is 3.70. The van der Waals surface area contributed by atoms with Crippen LogP contribution in [-0.4, -0.2) is 16.7 Å². The second-order valence-corrected chi connectivity index (χ2v) is 5.27. The minimum atomic E-state index is -0.594. The average molecular weight is 306 g/mol. The van der Waals surface area contributed by atoms with Crippen molar-refractivity contribution in [3.8, 4) is 17.3 Å². The van der Waals surface area contributed by atoms with E-state index in [2.05, 4.69) is 11.1 Å². The highest BCUT2D eigenvalue weighted by atomic mass is 35.5. The Kier molecular flexibility index (Phi) is 3.66. The second kappa shape index (κ2) is 5.47. The number of nitriles is 1. The van der Waals surface area contributed by atoms with E-state index in [1.54, 1.807) is 19.2 Å². The number of pyridine rings is 1. The lowest BCUT2D eigenvalue weighted by Gasteiger charge is -2.25. The summed E-state index contributed by atoms with van der Waals surface area (Å²) in [6, 6.07) is 5.39. The highest BCUT2D eigenvalue weighted by Crippen LogP contribution is 2.42. The number of fused-ring (bicyclic) bond motifs is 1. The van der Waals surface area contributed by atoms with Crippen LogP contribution in [-0.2, 0) is 11.3 Å². The Bertz CT molecular complexity index is 735. The molecule has 0 saturated carbocycles. The molecule has 2 aromatic heterocycles. The molecule has 0 radical (unpaired) electrons. The van der Waals surface area contributed by atoms with Crippen LogP contribution >= 0.6 is 11.6 Å². The zero-order valence-electron chi connectivity index (χ0n) is 11.4. The Morgan fingerprint density at radius 2 is 2.38 bits per heavy atom. The second-order valence-electron chi connectivity index (χ2n) is 4.89. The molecule has 21 heavy (non-hydrogen) atoms. The normalized spacial score (nSPS) is 17.3. The van der Waals surface area contributed by atoms with Crippen LogP contribution in [0.1, 0.15) is 30.2 Å². The molecule has 0 N–H and O–H groups in total. The molecule has 1 atom stereocenters. The minimum Gasteiger partial charge on any atom is -0.375 e. The molecule has 1 unspecified atom stereocenters. The Labute approximate surface area is 126 Å². The molecule has 3 rings (SSSR count). The van der Waals surface area contributed by atoms with Gasteiger partial charge < -0.3 is 9.30 Å². The lowest BCUT2D eigenvalue weighted by atomic mass is 10.0. The molecule has 3 heterocycles. The summed E-state index contributed by atoms with van der Waals surface area (Å²) in [4.78, 5) is 3.67. The SMILES string of the molecule is COC1CCCn2c(-c3cccnc3F)c(Cl)c(C#N)c21. The molecular weight excluding hydrogens is 293 g/mol. The number of rotatable bonds is 2. The summed E-state index contributed by atoms with van der Waals surface area (Å²) < 4.78 is 21.4. The fourth-order valence-electron chi connectivity index (χ4n) is 2.91. The summed E-state index contributed by atoms with van der Waals surface area (Å²) in [5.74, 6) is -0.594. The van der Waals surface area contributed by atoms with Crippen molar-refractivity contribution in [1.82, 2.24) is 9.55 Å². The molecule has 0 bridgehead atoms. The van der Waals surface area contributed by atoms with E-state index in [0.717, 1.165) is 18.5 Å². The zero-order chi connectivity index (χ0) is 15.0. The van der Waals surface area contributed by atoms with Gasteiger partial charge in [0.25, 0.3) is 0 Å². The van der Waals surface area contributed by atoms with Crippen molar-refractivity contribution in [2.45, 2.75) is 25.5 Å². The van der Waals surface area contributed by atoms with Crippen LogP contribution in [0.25, 0.3) is 11.3 Å². The number of hydrogen-bond acceptors (Lipinski definition) is 3. The molecule has 0 spiro atoms. The predicted molar refractivity (Wildman–Crippen MR) is 76.3 cm³/mol. The summed E-state index contributed by atoms with van der Waals surface area (Å²) in [5, 5.41) is 9.67. The number of aromatic nitrogens is 2. The maximum Gasteiger partial charge on any atom is 0.222 e. The molecule has 4 nitrogen and oxygen atoms in total. The molecule has 2 aromatic rings. The van der Waals surface area contributed by atoms with Gasteiger partial charge in [0.05, 0.1) is 33.6 Å². The topological polar surface area (TPSA) is 50.8 Å². The number of halogens is 2. The number of nitrogens with zero attached hydrogens (tertiary/aromatic N) is 3. The first-order chi connectivity index (χ1) is 10.2. The van der Waals surface area contributed by atoms with Gasteiger partial charge in [-0.25, -0.2) is 4.98 Å². The van der Waals surface area contributed by atoms with E-state index >= 15 is 0 Å². The standard InChI is InChI=1S/C15H13ClFN3O/c1-21-11-5-3-7-20-13(11)10(8-18)12(16)14(20)9-4-2-6-19-15(9)17/h2,4,6,11H,3,5,7H2,1H3. The van der Waals surface area contributed by atoms with Gasteiger partial charge in [-0.05, 0) is 25.0 Å². The minimum absolute atomic E-state index is 0.195. The summed E-state index contributed by atoms with van der Waals surface area (Å²) in [5.41, 5.74) is 1.91. The van der Waals surface area contributed by atoms with Gasteiger partial charge in [0.2, 0.25) is 5.95 Å². The highest BCUT2D eigenvalue weighted by Gasteiger charge is 2.31. The van der Waals surface area contributed by atoms with E-state index in [4.69, 9.17) is 16.3 Å². The lowest BCUT2D eigenvalue weighted by molar-refractivity contribution is 0.0760. The van der Waals surface area contributed by atoms with Crippen molar-refractivity contribution in [2.24, 2.45) is 0 Å². The first kappa shape index (κ1) is 14.1. The van der Waals surface area contributed by atoms with Crippen molar-refractivity contribution in [3.63, 3.8) is 0 Å².